The molecule has 34 heavy (non-hydrogen) atoms. The molecule has 0 saturated heterocycles. The molecule has 0 atom stereocenters. The molecule has 0 aliphatic heterocycles. The van der Waals surface area contributed by atoms with Crippen molar-refractivity contribution in [3.63, 3.8) is 0 Å². The Bertz CT molecular complexity index is 1320. The molecular weight excluding hydrogens is 446 g/mol. The number of carbonyl (C=O) groups excluding carboxylic acids is 1. The lowest BCUT2D eigenvalue weighted by atomic mass is 9.99. The maximum atomic E-state index is 12.4. The molecule has 4 aromatic rings. The van der Waals surface area contributed by atoms with Crippen molar-refractivity contribution >= 4 is 17.5 Å². The van der Waals surface area contributed by atoms with Crippen LogP contribution in [0.1, 0.15) is 43.7 Å². The van der Waals surface area contributed by atoms with Crippen LogP contribution < -0.4 is 5.32 Å². The summed E-state index contributed by atoms with van der Waals surface area (Å²) in [4.78, 5) is 12.4. The number of hydrogen-bond donors (Lipinski definition) is 2. The van der Waals surface area contributed by atoms with Crippen LogP contribution in [-0.2, 0) is 5.60 Å². The Balaban J connectivity index is 1.72. The van der Waals surface area contributed by atoms with Gasteiger partial charge in [-0.1, -0.05) is 60.1 Å². The normalized spacial score (nSPS) is 11.6. The van der Waals surface area contributed by atoms with Crippen LogP contribution in [0.3, 0.4) is 0 Å². The van der Waals surface area contributed by atoms with Crippen molar-refractivity contribution in [2.45, 2.75) is 39.3 Å². The molecule has 3 aromatic carbocycles. The number of halogens is 1. The van der Waals surface area contributed by atoms with Crippen LogP contribution in [0.4, 0.5) is 0 Å². The highest BCUT2D eigenvalue weighted by Gasteiger charge is 2.23. The molecule has 0 saturated carbocycles. The fraction of sp³-hybridized carbons (Fsp3) is 0.214. The van der Waals surface area contributed by atoms with Gasteiger partial charge in [0.15, 0.2) is 0 Å². The predicted octanol–water partition coefficient (Wildman–Crippen LogP) is 6.23. The second kappa shape index (κ2) is 9.45. The summed E-state index contributed by atoms with van der Waals surface area (Å²) in [6.07, 6.45) is 0. The Kier molecular flexibility index (Phi) is 6.60. The van der Waals surface area contributed by atoms with E-state index in [0.717, 1.165) is 28.1 Å². The van der Waals surface area contributed by atoms with E-state index < -0.39 is 5.60 Å². The number of nitrogens with one attached hydrogen (secondary N) is 1. The minimum Gasteiger partial charge on any atom is -0.384 e. The maximum absolute atomic E-state index is 12.4. The Labute approximate surface area is 205 Å². The van der Waals surface area contributed by atoms with Crippen molar-refractivity contribution in [3.8, 4) is 28.1 Å². The summed E-state index contributed by atoms with van der Waals surface area (Å²) >= 11 is 6.46. The van der Waals surface area contributed by atoms with Gasteiger partial charge < -0.3 is 10.4 Å². The number of nitrogens with zero attached hydrogens (tertiary/aromatic N) is 2. The van der Waals surface area contributed by atoms with Crippen LogP contribution in [0, 0.1) is 0 Å². The van der Waals surface area contributed by atoms with Crippen molar-refractivity contribution in [2.75, 3.05) is 0 Å². The molecule has 0 unspecified atom stereocenters. The summed E-state index contributed by atoms with van der Waals surface area (Å²) < 4.78 is 1.77. The number of aromatic nitrogens is 2. The van der Waals surface area contributed by atoms with Crippen LogP contribution in [0.25, 0.3) is 28.1 Å². The zero-order chi connectivity index (χ0) is 24.5. The first-order valence-corrected chi connectivity index (χ1v) is 11.6. The smallest absolute Gasteiger partial charge is 0.251 e. The van der Waals surface area contributed by atoms with Gasteiger partial charge in [0.05, 0.1) is 22.1 Å². The molecule has 6 heteroatoms. The van der Waals surface area contributed by atoms with Gasteiger partial charge in [0.25, 0.3) is 5.91 Å². The first-order chi connectivity index (χ1) is 16.1. The Morgan fingerprint density at radius 3 is 2.26 bits per heavy atom. The zero-order valence-corrected chi connectivity index (χ0v) is 20.5. The number of hydrogen-bond acceptors (Lipinski definition) is 3. The SMILES string of the molecule is CC(C)NC(=O)c1cccc(-c2ccc(-c3cc(C(C)(C)O)nn3-c3ccccc3Cl)cc2)c1. The summed E-state index contributed by atoms with van der Waals surface area (Å²) in [5.41, 5.74) is 4.52. The van der Waals surface area contributed by atoms with Gasteiger partial charge in [0.1, 0.15) is 5.60 Å². The number of rotatable bonds is 6. The number of para-hydroxylation sites is 1. The molecule has 1 amide bonds. The molecule has 0 spiro atoms. The number of benzene rings is 3. The summed E-state index contributed by atoms with van der Waals surface area (Å²) in [6.45, 7) is 7.30. The molecule has 2 N–H and O–H groups in total. The van der Waals surface area contributed by atoms with Crippen molar-refractivity contribution in [3.05, 3.63) is 95.1 Å². The lowest BCUT2D eigenvalue weighted by Crippen LogP contribution is -2.30. The van der Waals surface area contributed by atoms with Crippen molar-refractivity contribution < 1.29 is 9.90 Å². The second-order valence-corrected chi connectivity index (χ2v) is 9.53. The third kappa shape index (κ3) is 5.06. The fourth-order valence-corrected chi connectivity index (χ4v) is 3.93. The lowest BCUT2D eigenvalue weighted by molar-refractivity contribution is 0.0734. The molecule has 0 bridgehead atoms. The number of amides is 1. The predicted molar refractivity (Wildman–Crippen MR) is 137 cm³/mol. The second-order valence-electron chi connectivity index (χ2n) is 9.12. The number of carbonyl (C=O) groups is 1. The summed E-state index contributed by atoms with van der Waals surface area (Å²) in [5, 5.41) is 18.7. The van der Waals surface area contributed by atoms with E-state index in [0.29, 0.717) is 16.3 Å². The molecule has 0 fully saturated rings. The van der Waals surface area contributed by atoms with Crippen molar-refractivity contribution in [1.29, 1.82) is 0 Å². The van der Waals surface area contributed by atoms with Gasteiger partial charge in [-0.2, -0.15) is 5.10 Å². The maximum Gasteiger partial charge on any atom is 0.251 e. The van der Waals surface area contributed by atoms with E-state index in [1.165, 1.54) is 0 Å². The summed E-state index contributed by atoms with van der Waals surface area (Å²) in [5.74, 6) is -0.0868. The minimum atomic E-state index is -1.10. The van der Waals surface area contributed by atoms with E-state index in [1.54, 1.807) is 18.5 Å². The fourth-order valence-electron chi connectivity index (χ4n) is 3.71. The highest BCUT2D eigenvalue weighted by Crippen LogP contribution is 2.32. The molecule has 5 nitrogen and oxygen atoms in total. The van der Waals surface area contributed by atoms with Gasteiger partial charge in [0.2, 0.25) is 0 Å². The van der Waals surface area contributed by atoms with Crippen LogP contribution in [0.15, 0.2) is 78.9 Å². The molecule has 4 rings (SSSR count). The van der Waals surface area contributed by atoms with Gasteiger partial charge in [-0.25, -0.2) is 4.68 Å². The standard InChI is InChI=1S/C28H28ClN3O2/c1-18(2)30-27(33)22-9-7-8-21(16-22)19-12-14-20(15-13-19)25-17-26(28(3,4)34)31-32(25)24-11-6-5-10-23(24)29/h5-18,34H,1-4H3,(H,30,33). The average molecular weight is 474 g/mol. The van der Waals surface area contributed by atoms with Gasteiger partial charge in [-0.3, -0.25) is 4.79 Å². The minimum absolute atomic E-state index is 0.0761. The Morgan fingerprint density at radius 2 is 1.62 bits per heavy atom. The van der Waals surface area contributed by atoms with E-state index >= 15 is 0 Å². The van der Waals surface area contributed by atoms with Gasteiger partial charge in [-0.15, -0.1) is 0 Å². The van der Waals surface area contributed by atoms with E-state index in [1.807, 2.05) is 92.7 Å². The molecule has 174 valence electrons. The molecule has 0 aliphatic carbocycles. The third-order valence-corrected chi connectivity index (χ3v) is 5.79. The molecule has 0 radical (unpaired) electrons. The molecular formula is C28H28ClN3O2. The van der Waals surface area contributed by atoms with Crippen LogP contribution >= 0.6 is 11.6 Å². The monoisotopic (exact) mass is 473 g/mol. The first-order valence-electron chi connectivity index (χ1n) is 11.2. The highest BCUT2D eigenvalue weighted by molar-refractivity contribution is 6.32. The van der Waals surface area contributed by atoms with Gasteiger partial charge in [0, 0.05) is 17.2 Å². The topological polar surface area (TPSA) is 67.2 Å². The van der Waals surface area contributed by atoms with Crippen molar-refractivity contribution in [1.82, 2.24) is 15.1 Å². The van der Waals surface area contributed by atoms with Crippen LogP contribution in [-0.4, -0.2) is 26.8 Å². The van der Waals surface area contributed by atoms with E-state index in [9.17, 15) is 9.90 Å². The van der Waals surface area contributed by atoms with Crippen molar-refractivity contribution in [2.24, 2.45) is 0 Å². The first kappa shape index (κ1) is 23.7. The Morgan fingerprint density at radius 1 is 0.941 bits per heavy atom. The van der Waals surface area contributed by atoms with E-state index in [4.69, 9.17) is 11.6 Å². The largest absolute Gasteiger partial charge is 0.384 e. The van der Waals surface area contributed by atoms with Gasteiger partial charge in [-0.05, 0) is 69.2 Å². The van der Waals surface area contributed by atoms with E-state index in [-0.39, 0.29) is 11.9 Å². The van der Waals surface area contributed by atoms with Gasteiger partial charge >= 0.3 is 0 Å². The quantitative estimate of drug-likeness (QED) is 0.349. The zero-order valence-electron chi connectivity index (χ0n) is 19.7. The van der Waals surface area contributed by atoms with Crippen LogP contribution in [0.2, 0.25) is 5.02 Å². The molecule has 0 aliphatic rings. The summed E-state index contributed by atoms with van der Waals surface area (Å²) in [6, 6.07) is 25.1. The Hall–Kier alpha value is -3.41. The highest BCUT2D eigenvalue weighted by atomic mass is 35.5. The molecule has 1 aromatic heterocycles. The summed E-state index contributed by atoms with van der Waals surface area (Å²) in [7, 11) is 0. The average Bonchev–Trinajstić information content (AvgIpc) is 3.25. The third-order valence-electron chi connectivity index (χ3n) is 5.48. The number of aliphatic hydroxyl groups is 1. The molecule has 1 heterocycles. The lowest BCUT2D eigenvalue weighted by Gasteiger charge is -2.13. The van der Waals surface area contributed by atoms with E-state index in [2.05, 4.69) is 10.4 Å². The van der Waals surface area contributed by atoms with Crippen LogP contribution in [0.5, 0.6) is 0 Å².